The second kappa shape index (κ2) is 8.29. The molecule has 0 atom stereocenters. The highest BCUT2D eigenvalue weighted by Gasteiger charge is 2.49. The van der Waals surface area contributed by atoms with Gasteiger partial charge in [0.25, 0.3) is 0 Å². The van der Waals surface area contributed by atoms with E-state index in [0.717, 1.165) is 0 Å². The Morgan fingerprint density at radius 3 is 1.44 bits per heavy atom. The minimum atomic E-state index is -1.16. The van der Waals surface area contributed by atoms with Crippen molar-refractivity contribution in [1.82, 2.24) is 10.1 Å². The molecule has 2 aliphatic rings. The first-order valence-electron chi connectivity index (χ1n) is 11.9. The van der Waals surface area contributed by atoms with Crippen LogP contribution in [0, 0.1) is 0 Å². The monoisotopic (exact) mass is 476 g/mol. The Labute approximate surface area is 202 Å². The number of carboxylic acid groups (broad SMARTS) is 2. The van der Waals surface area contributed by atoms with Crippen molar-refractivity contribution in [2.45, 2.75) is 115 Å². The molecular weight excluding hydrogens is 436 g/mol. The normalized spacial score (nSPS) is 25.2. The van der Waals surface area contributed by atoms with Gasteiger partial charge >= 0.3 is 11.9 Å². The van der Waals surface area contributed by atoms with Crippen LogP contribution in [-0.4, -0.2) is 64.8 Å². The van der Waals surface area contributed by atoms with Crippen LogP contribution in [0.4, 0.5) is 0 Å². The van der Waals surface area contributed by atoms with Crippen molar-refractivity contribution in [2.24, 2.45) is 0 Å². The summed E-state index contributed by atoms with van der Waals surface area (Å²) in [6.45, 7) is 15.2. The number of hydrogen-bond donors (Lipinski definition) is 4. The Hall–Kier alpha value is -2.00. The van der Waals surface area contributed by atoms with Gasteiger partial charge in [-0.2, -0.15) is 10.1 Å². The van der Waals surface area contributed by atoms with Crippen molar-refractivity contribution in [3.05, 3.63) is 34.4 Å². The molecule has 0 spiro atoms. The zero-order chi connectivity index (χ0) is 26.0. The van der Waals surface area contributed by atoms with Crippen LogP contribution in [0.15, 0.2) is 12.1 Å². The van der Waals surface area contributed by atoms with Gasteiger partial charge in [0.2, 0.25) is 0 Å². The lowest BCUT2D eigenvalue weighted by Gasteiger charge is -2.52. The Morgan fingerprint density at radius 2 is 1.09 bits per heavy atom. The Balaban J connectivity index is 2.24. The predicted molar refractivity (Wildman–Crippen MR) is 128 cm³/mol. The zero-order valence-corrected chi connectivity index (χ0v) is 21.6. The molecule has 8 heteroatoms. The van der Waals surface area contributed by atoms with Gasteiger partial charge in [0.1, 0.15) is 0 Å². The van der Waals surface area contributed by atoms with Crippen LogP contribution in [0.25, 0.3) is 0 Å². The maximum absolute atomic E-state index is 12.8. The van der Waals surface area contributed by atoms with Crippen LogP contribution >= 0.6 is 0 Å². The van der Waals surface area contributed by atoms with E-state index in [2.05, 4.69) is 0 Å². The summed E-state index contributed by atoms with van der Waals surface area (Å²) in [5, 5.41) is 44.6. The number of carbonyl (C=O) groups is 2. The molecule has 2 fully saturated rings. The smallest absolute Gasteiger partial charge is 0.336 e. The fourth-order valence-corrected chi connectivity index (χ4v) is 6.79. The number of benzene rings is 1. The Kier molecular flexibility index (Phi) is 6.49. The molecule has 0 unspecified atom stereocenters. The molecule has 0 bridgehead atoms. The van der Waals surface area contributed by atoms with Crippen molar-refractivity contribution >= 4 is 11.9 Å². The molecule has 0 aromatic heterocycles. The molecule has 190 valence electrons. The van der Waals surface area contributed by atoms with E-state index in [-0.39, 0.29) is 23.0 Å². The molecule has 8 nitrogen and oxygen atoms in total. The van der Waals surface area contributed by atoms with Crippen LogP contribution in [0.2, 0.25) is 0 Å². The number of hydroxylamine groups is 4. The number of rotatable bonds is 4. The molecule has 0 saturated carbocycles. The summed E-state index contributed by atoms with van der Waals surface area (Å²) in [6.07, 6.45) is 1.91. The third-order valence-corrected chi connectivity index (χ3v) is 7.85. The average molecular weight is 477 g/mol. The van der Waals surface area contributed by atoms with Crippen LogP contribution in [-0.2, 0) is 0 Å². The second-order valence-corrected chi connectivity index (χ2v) is 12.7. The van der Waals surface area contributed by atoms with E-state index in [9.17, 15) is 30.2 Å². The van der Waals surface area contributed by atoms with Gasteiger partial charge in [-0.15, -0.1) is 0 Å². The molecule has 0 amide bonds. The van der Waals surface area contributed by atoms with E-state index in [1.54, 1.807) is 6.07 Å². The molecule has 1 aromatic carbocycles. The van der Waals surface area contributed by atoms with Crippen LogP contribution in [0.5, 0.6) is 0 Å². The minimum absolute atomic E-state index is 0.00209. The predicted octanol–water partition coefficient (Wildman–Crippen LogP) is 5.33. The first-order chi connectivity index (χ1) is 15.3. The molecule has 0 aliphatic carbocycles. The summed E-state index contributed by atoms with van der Waals surface area (Å²) in [5.41, 5.74) is -1.48. The average Bonchev–Trinajstić information content (AvgIpc) is 2.67. The van der Waals surface area contributed by atoms with E-state index in [0.29, 0.717) is 36.8 Å². The van der Waals surface area contributed by atoms with Gasteiger partial charge in [-0.25, -0.2) is 9.59 Å². The summed E-state index contributed by atoms with van der Waals surface area (Å²) in [5.74, 6) is -2.82. The molecule has 2 saturated heterocycles. The van der Waals surface area contributed by atoms with E-state index in [1.165, 1.54) is 16.2 Å². The summed E-state index contributed by atoms with van der Waals surface area (Å²) in [6, 6.07) is 3.19. The number of nitrogens with zero attached hydrogens (tertiary/aromatic N) is 2. The first-order valence-corrected chi connectivity index (χ1v) is 11.9. The van der Waals surface area contributed by atoms with Crippen molar-refractivity contribution in [3.8, 4) is 0 Å². The SMILES string of the molecule is CC1(C)CC(c2ccc(C(=O)O)c(C3CC(C)(C)N(O)C(C)(C)C3)c2C(=O)O)CC(C)(C)N1O. The summed E-state index contributed by atoms with van der Waals surface area (Å²) in [4.78, 5) is 25.0. The van der Waals surface area contributed by atoms with Gasteiger partial charge in [-0.1, -0.05) is 6.07 Å². The largest absolute Gasteiger partial charge is 0.478 e. The lowest BCUT2D eigenvalue weighted by atomic mass is 9.67. The Bertz CT molecular complexity index is 961. The van der Waals surface area contributed by atoms with E-state index in [4.69, 9.17) is 0 Å². The third-order valence-electron chi connectivity index (χ3n) is 7.85. The fourth-order valence-electron chi connectivity index (χ4n) is 6.79. The molecule has 1 aromatic rings. The highest BCUT2D eigenvalue weighted by molar-refractivity contribution is 5.98. The summed E-state index contributed by atoms with van der Waals surface area (Å²) >= 11 is 0. The van der Waals surface area contributed by atoms with E-state index in [1.807, 2.05) is 55.4 Å². The van der Waals surface area contributed by atoms with Crippen molar-refractivity contribution in [2.75, 3.05) is 0 Å². The molecule has 3 rings (SSSR count). The van der Waals surface area contributed by atoms with Crippen LogP contribution in [0.1, 0.15) is 125 Å². The fraction of sp³-hybridized carbons (Fsp3) is 0.692. The zero-order valence-electron chi connectivity index (χ0n) is 21.6. The summed E-state index contributed by atoms with van der Waals surface area (Å²) in [7, 11) is 0. The standard InChI is InChI=1S/C26H40N2O6/c1-23(2)11-15(12-24(3,4)27(23)33)17-9-10-18(21(29)30)19(20(17)22(31)32)16-13-25(5,6)28(34)26(7,8)14-16/h9-10,15-16,33-34H,11-14H2,1-8H3,(H,29,30)(H,31,32). The number of piperidine rings is 2. The maximum atomic E-state index is 12.8. The van der Waals surface area contributed by atoms with Gasteiger partial charge in [0.05, 0.1) is 11.1 Å². The quantitative estimate of drug-likeness (QED) is 0.460. The topological polar surface area (TPSA) is 122 Å². The second-order valence-electron chi connectivity index (χ2n) is 12.7. The molecule has 4 N–H and O–H groups in total. The van der Waals surface area contributed by atoms with Crippen molar-refractivity contribution < 1.29 is 30.2 Å². The van der Waals surface area contributed by atoms with Crippen LogP contribution in [0.3, 0.4) is 0 Å². The number of aromatic carboxylic acids is 2. The molecule has 2 aliphatic heterocycles. The van der Waals surface area contributed by atoms with Gasteiger partial charge in [-0.05, 0) is 110 Å². The van der Waals surface area contributed by atoms with Gasteiger partial charge < -0.3 is 20.6 Å². The van der Waals surface area contributed by atoms with E-state index < -0.39 is 34.1 Å². The van der Waals surface area contributed by atoms with E-state index >= 15 is 0 Å². The Morgan fingerprint density at radius 1 is 0.706 bits per heavy atom. The third kappa shape index (κ3) is 4.49. The minimum Gasteiger partial charge on any atom is -0.478 e. The molecular formula is C26H40N2O6. The number of hydrogen-bond acceptors (Lipinski definition) is 6. The first kappa shape index (κ1) is 26.6. The molecule has 34 heavy (non-hydrogen) atoms. The lowest BCUT2D eigenvalue weighted by molar-refractivity contribution is -0.245. The van der Waals surface area contributed by atoms with Gasteiger partial charge in [0, 0.05) is 22.2 Å². The van der Waals surface area contributed by atoms with Crippen molar-refractivity contribution in [3.63, 3.8) is 0 Å². The highest BCUT2D eigenvalue weighted by Crippen LogP contribution is 2.50. The highest BCUT2D eigenvalue weighted by atomic mass is 16.5. The molecule has 2 heterocycles. The van der Waals surface area contributed by atoms with Gasteiger partial charge in [-0.3, -0.25) is 0 Å². The number of carboxylic acids is 2. The maximum Gasteiger partial charge on any atom is 0.336 e. The van der Waals surface area contributed by atoms with Crippen molar-refractivity contribution in [1.29, 1.82) is 0 Å². The van der Waals surface area contributed by atoms with Crippen LogP contribution < -0.4 is 0 Å². The lowest BCUT2D eigenvalue weighted by Crippen LogP contribution is -2.58. The molecule has 0 radical (unpaired) electrons. The summed E-state index contributed by atoms with van der Waals surface area (Å²) < 4.78 is 0. The van der Waals surface area contributed by atoms with Gasteiger partial charge in [0.15, 0.2) is 0 Å².